The molecule has 25 heavy (non-hydrogen) atoms. The van der Waals surface area contributed by atoms with Crippen LogP contribution in [0.4, 0.5) is 17.6 Å². The zero-order valence-electron chi connectivity index (χ0n) is 14.9. The summed E-state index contributed by atoms with van der Waals surface area (Å²) in [5.41, 5.74) is 5.74. The fraction of sp³-hybridized carbons (Fsp3) is 0.706. The average Bonchev–Trinajstić information content (AvgIpc) is 3.03. The molecule has 0 aromatic carbocycles. The lowest BCUT2D eigenvalue weighted by atomic mass is 9.79. The number of amides is 1. The maximum Gasteiger partial charge on any atom is 0.228 e. The number of anilines is 3. The third-order valence-electron chi connectivity index (χ3n) is 5.82. The van der Waals surface area contributed by atoms with E-state index >= 15 is 0 Å². The molecule has 4 rings (SSSR count). The number of likely N-dealkylation sites (N-methyl/N-ethyl adjacent to an activating group) is 1. The van der Waals surface area contributed by atoms with Gasteiger partial charge >= 0.3 is 0 Å². The first-order valence-corrected chi connectivity index (χ1v) is 9.17. The van der Waals surface area contributed by atoms with Crippen LogP contribution in [0.5, 0.6) is 0 Å². The van der Waals surface area contributed by atoms with Gasteiger partial charge in [-0.25, -0.2) is 0 Å². The second kappa shape index (κ2) is 6.33. The largest absolute Gasteiger partial charge is 0.368 e. The second-order valence-corrected chi connectivity index (χ2v) is 7.54. The highest BCUT2D eigenvalue weighted by Gasteiger charge is 2.46. The lowest BCUT2D eigenvalue weighted by Gasteiger charge is -2.34. The topological polar surface area (TPSA) is 90.6 Å². The van der Waals surface area contributed by atoms with Crippen LogP contribution in [0.25, 0.3) is 0 Å². The van der Waals surface area contributed by atoms with Crippen molar-refractivity contribution in [3.05, 3.63) is 6.07 Å². The summed E-state index contributed by atoms with van der Waals surface area (Å²) in [4.78, 5) is 28.1. The van der Waals surface area contributed by atoms with E-state index in [4.69, 9.17) is 5.73 Å². The molecule has 0 radical (unpaired) electrons. The first kappa shape index (κ1) is 16.4. The third kappa shape index (κ3) is 3.10. The molecule has 3 saturated heterocycles. The van der Waals surface area contributed by atoms with Gasteiger partial charge in [0.1, 0.15) is 11.6 Å². The standard InChI is InChI=1S/C17H27N7O/c1-22-7-9-23(10-8-22)13-11-14(21-16(18)20-13)24-6-4-17(12-24)3-2-5-19-15(17)25/h11H,2-10,12H2,1H3,(H,19,25)(H2,18,20,21)/t17-/m0/s1. The van der Waals surface area contributed by atoms with Crippen LogP contribution in [-0.2, 0) is 4.79 Å². The van der Waals surface area contributed by atoms with Gasteiger partial charge in [-0.2, -0.15) is 9.97 Å². The van der Waals surface area contributed by atoms with Crippen molar-refractivity contribution in [2.24, 2.45) is 5.41 Å². The maximum absolute atomic E-state index is 12.4. The van der Waals surface area contributed by atoms with Gasteiger partial charge in [0.15, 0.2) is 0 Å². The molecule has 1 aromatic heterocycles. The number of nitrogens with two attached hydrogens (primary N) is 1. The SMILES string of the molecule is CN1CCN(c2cc(N3CC[C@@]4(CCCNC4=O)C3)nc(N)n2)CC1. The molecule has 8 nitrogen and oxygen atoms in total. The molecule has 0 bridgehead atoms. The van der Waals surface area contributed by atoms with Crippen molar-refractivity contribution >= 4 is 23.5 Å². The van der Waals surface area contributed by atoms with Crippen molar-refractivity contribution in [2.75, 3.05) is 68.4 Å². The van der Waals surface area contributed by atoms with Crippen molar-refractivity contribution in [2.45, 2.75) is 19.3 Å². The number of piperidine rings is 1. The van der Waals surface area contributed by atoms with Crippen LogP contribution in [0, 0.1) is 5.41 Å². The minimum Gasteiger partial charge on any atom is -0.368 e. The average molecular weight is 345 g/mol. The Kier molecular flexibility index (Phi) is 4.15. The van der Waals surface area contributed by atoms with Gasteiger partial charge in [0.25, 0.3) is 0 Å². The number of piperazine rings is 1. The minimum absolute atomic E-state index is 0.197. The Balaban J connectivity index is 1.54. The van der Waals surface area contributed by atoms with Crippen molar-refractivity contribution in [3.63, 3.8) is 0 Å². The minimum atomic E-state index is -0.258. The van der Waals surface area contributed by atoms with Crippen LogP contribution in [0.1, 0.15) is 19.3 Å². The molecular weight excluding hydrogens is 318 g/mol. The van der Waals surface area contributed by atoms with E-state index in [0.29, 0.717) is 5.95 Å². The fourth-order valence-electron chi connectivity index (χ4n) is 4.19. The molecule has 1 amide bonds. The van der Waals surface area contributed by atoms with Gasteiger partial charge in [-0.1, -0.05) is 0 Å². The molecule has 0 aliphatic carbocycles. The highest BCUT2D eigenvalue weighted by atomic mass is 16.2. The lowest BCUT2D eigenvalue weighted by Crippen LogP contribution is -2.47. The zero-order valence-corrected chi connectivity index (χ0v) is 14.9. The number of aromatic nitrogens is 2. The third-order valence-corrected chi connectivity index (χ3v) is 5.82. The van der Waals surface area contributed by atoms with Gasteiger partial charge in [0.2, 0.25) is 11.9 Å². The smallest absolute Gasteiger partial charge is 0.228 e. The van der Waals surface area contributed by atoms with Crippen LogP contribution in [-0.4, -0.2) is 73.6 Å². The molecule has 1 spiro atoms. The van der Waals surface area contributed by atoms with Crippen molar-refractivity contribution in [1.29, 1.82) is 0 Å². The summed E-state index contributed by atoms with van der Waals surface area (Å²) < 4.78 is 0. The second-order valence-electron chi connectivity index (χ2n) is 7.54. The number of hydrogen-bond acceptors (Lipinski definition) is 7. The van der Waals surface area contributed by atoms with Crippen LogP contribution < -0.4 is 20.9 Å². The van der Waals surface area contributed by atoms with Crippen LogP contribution in [0.3, 0.4) is 0 Å². The highest BCUT2D eigenvalue weighted by Crippen LogP contribution is 2.39. The van der Waals surface area contributed by atoms with Gasteiger partial charge in [-0.05, 0) is 26.3 Å². The van der Waals surface area contributed by atoms with Crippen LogP contribution in [0.15, 0.2) is 6.07 Å². The Bertz CT molecular complexity index is 658. The van der Waals surface area contributed by atoms with E-state index in [-0.39, 0.29) is 11.3 Å². The molecule has 136 valence electrons. The van der Waals surface area contributed by atoms with E-state index in [9.17, 15) is 4.79 Å². The Morgan fingerprint density at radius 2 is 1.80 bits per heavy atom. The predicted octanol–water partition coefficient (Wildman–Crippen LogP) is -0.0829. The number of hydrogen-bond donors (Lipinski definition) is 2. The number of carbonyl (C=O) groups is 1. The molecule has 1 atom stereocenters. The molecular formula is C17H27N7O. The van der Waals surface area contributed by atoms with Crippen LogP contribution in [0.2, 0.25) is 0 Å². The Morgan fingerprint density at radius 3 is 2.52 bits per heavy atom. The number of nitrogens with one attached hydrogen (secondary N) is 1. The van der Waals surface area contributed by atoms with E-state index < -0.39 is 0 Å². The fourth-order valence-corrected chi connectivity index (χ4v) is 4.19. The van der Waals surface area contributed by atoms with Crippen molar-refractivity contribution in [1.82, 2.24) is 20.2 Å². The number of carbonyl (C=O) groups excluding carboxylic acids is 1. The summed E-state index contributed by atoms with van der Waals surface area (Å²) in [6.45, 7) is 6.29. The number of nitrogens with zero attached hydrogens (tertiary/aromatic N) is 5. The molecule has 3 aliphatic heterocycles. The Morgan fingerprint density at radius 1 is 1.08 bits per heavy atom. The zero-order chi connectivity index (χ0) is 17.4. The molecule has 4 heterocycles. The van der Waals surface area contributed by atoms with Gasteiger partial charge in [0.05, 0.1) is 5.41 Å². The predicted molar refractivity (Wildman–Crippen MR) is 97.7 cm³/mol. The van der Waals surface area contributed by atoms with Crippen LogP contribution >= 0.6 is 0 Å². The summed E-state index contributed by atoms with van der Waals surface area (Å²) >= 11 is 0. The monoisotopic (exact) mass is 345 g/mol. The summed E-state index contributed by atoms with van der Waals surface area (Å²) in [7, 11) is 2.13. The van der Waals surface area contributed by atoms with Gasteiger partial charge in [0, 0.05) is 51.9 Å². The quantitative estimate of drug-likeness (QED) is 0.774. The van der Waals surface area contributed by atoms with E-state index in [1.807, 2.05) is 6.07 Å². The van der Waals surface area contributed by atoms with E-state index in [1.165, 1.54) is 0 Å². The first-order chi connectivity index (χ1) is 12.1. The van der Waals surface area contributed by atoms with E-state index in [2.05, 4.69) is 37.0 Å². The first-order valence-electron chi connectivity index (χ1n) is 9.17. The van der Waals surface area contributed by atoms with E-state index in [1.54, 1.807) is 0 Å². The lowest BCUT2D eigenvalue weighted by molar-refractivity contribution is -0.132. The van der Waals surface area contributed by atoms with E-state index in [0.717, 1.165) is 76.7 Å². The molecule has 3 aliphatic rings. The maximum atomic E-state index is 12.4. The van der Waals surface area contributed by atoms with Gasteiger partial charge in [-0.3, -0.25) is 4.79 Å². The summed E-state index contributed by atoms with van der Waals surface area (Å²) in [5.74, 6) is 2.24. The highest BCUT2D eigenvalue weighted by molar-refractivity contribution is 5.84. The molecule has 8 heteroatoms. The summed E-state index contributed by atoms with van der Waals surface area (Å²) in [6, 6.07) is 2.03. The Hall–Kier alpha value is -2.09. The molecule has 1 aromatic rings. The van der Waals surface area contributed by atoms with Crippen molar-refractivity contribution in [3.8, 4) is 0 Å². The van der Waals surface area contributed by atoms with Gasteiger partial charge < -0.3 is 25.8 Å². The molecule has 3 fully saturated rings. The summed E-state index contributed by atoms with van der Waals surface area (Å²) in [5, 5.41) is 3.03. The van der Waals surface area contributed by atoms with Gasteiger partial charge in [-0.15, -0.1) is 0 Å². The number of nitrogen functional groups attached to an aromatic ring is 1. The number of rotatable bonds is 2. The molecule has 0 saturated carbocycles. The summed E-state index contributed by atoms with van der Waals surface area (Å²) in [6.07, 6.45) is 2.89. The Labute approximate surface area is 148 Å². The van der Waals surface area contributed by atoms with Crippen molar-refractivity contribution < 1.29 is 4.79 Å². The molecule has 0 unspecified atom stereocenters. The molecule has 3 N–H and O–H groups in total. The normalized spacial score (nSPS) is 27.8.